The van der Waals surface area contributed by atoms with Crippen molar-refractivity contribution in [3.8, 4) is 5.75 Å². The molecule has 8 heteroatoms. The summed E-state index contributed by atoms with van der Waals surface area (Å²) >= 11 is 3.25. The Morgan fingerprint density at radius 1 is 1.24 bits per heavy atom. The average molecular weight is 375 g/mol. The zero-order valence-corrected chi connectivity index (χ0v) is 13.3. The molecule has 2 rings (SSSR count). The Kier molecular flexibility index (Phi) is 4.38. The zero-order valence-electron chi connectivity index (χ0n) is 10.9. The predicted octanol–water partition coefficient (Wildman–Crippen LogP) is 2.98. The molecule has 5 nitrogen and oxygen atoms in total. The Hall–Kier alpha value is -1.80. The molecule has 0 amide bonds. The van der Waals surface area contributed by atoms with Crippen molar-refractivity contribution < 1.29 is 17.5 Å². The number of nitrogens with two attached hydrogens (primary N) is 1. The lowest BCUT2D eigenvalue weighted by Gasteiger charge is -2.11. The first-order valence-electron chi connectivity index (χ1n) is 5.75. The average Bonchev–Trinajstić information content (AvgIpc) is 2.41. The van der Waals surface area contributed by atoms with Crippen molar-refractivity contribution in [2.45, 2.75) is 4.90 Å². The Morgan fingerprint density at radius 3 is 2.38 bits per heavy atom. The number of ether oxygens (including phenoxy) is 1. The number of hydrogen-bond donors (Lipinski definition) is 2. The van der Waals surface area contributed by atoms with E-state index in [4.69, 9.17) is 10.5 Å². The monoisotopic (exact) mass is 374 g/mol. The molecule has 0 saturated heterocycles. The fourth-order valence-corrected chi connectivity index (χ4v) is 3.06. The third-order valence-corrected chi connectivity index (χ3v) is 4.55. The van der Waals surface area contributed by atoms with Crippen LogP contribution in [-0.2, 0) is 10.0 Å². The van der Waals surface area contributed by atoms with E-state index < -0.39 is 15.8 Å². The molecule has 0 aliphatic carbocycles. The van der Waals surface area contributed by atoms with E-state index in [0.717, 1.165) is 16.6 Å². The van der Waals surface area contributed by atoms with E-state index in [1.807, 2.05) is 0 Å². The second-order valence-electron chi connectivity index (χ2n) is 4.14. The van der Waals surface area contributed by atoms with Crippen LogP contribution in [0.15, 0.2) is 45.8 Å². The van der Waals surface area contributed by atoms with Crippen molar-refractivity contribution in [3.05, 3.63) is 46.7 Å². The standard InChI is InChI=1S/C13H12BrFN2O3S/c1-20-13-11(15)6-10(7-12(13)16)21(18,19)17-9-4-2-8(14)3-5-9/h2-7,17H,16H2,1H3. The summed E-state index contributed by atoms with van der Waals surface area (Å²) in [5, 5.41) is 0. The van der Waals surface area contributed by atoms with Gasteiger partial charge in [0, 0.05) is 10.2 Å². The highest BCUT2D eigenvalue weighted by Gasteiger charge is 2.19. The van der Waals surface area contributed by atoms with Crippen LogP contribution in [0.1, 0.15) is 0 Å². The minimum absolute atomic E-state index is 0.0892. The number of benzene rings is 2. The summed E-state index contributed by atoms with van der Waals surface area (Å²) in [4.78, 5) is -0.277. The molecule has 112 valence electrons. The van der Waals surface area contributed by atoms with E-state index in [0.29, 0.717) is 5.69 Å². The van der Waals surface area contributed by atoms with E-state index in [2.05, 4.69) is 20.7 Å². The molecule has 0 aliphatic heterocycles. The summed E-state index contributed by atoms with van der Waals surface area (Å²) in [7, 11) is -2.68. The fourth-order valence-electron chi connectivity index (χ4n) is 1.69. The van der Waals surface area contributed by atoms with Gasteiger partial charge in [-0.2, -0.15) is 0 Å². The molecule has 0 spiro atoms. The number of anilines is 2. The van der Waals surface area contributed by atoms with E-state index in [-0.39, 0.29) is 16.3 Å². The van der Waals surface area contributed by atoms with Gasteiger partial charge < -0.3 is 10.5 Å². The lowest BCUT2D eigenvalue weighted by atomic mass is 10.3. The lowest BCUT2D eigenvalue weighted by molar-refractivity contribution is 0.388. The summed E-state index contributed by atoms with van der Waals surface area (Å²) in [6, 6.07) is 8.51. The maximum Gasteiger partial charge on any atom is 0.262 e. The van der Waals surface area contributed by atoms with Gasteiger partial charge in [-0.05, 0) is 36.4 Å². The third-order valence-electron chi connectivity index (χ3n) is 2.66. The van der Waals surface area contributed by atoms with Crippen molar-refractivity contribution in [1.82, 2.24) is 0 Å². The summed E-state index contributed by atoms with van der Waals surface area (Å²) < 4.78 is 46.0. The molecular weight excluding hydrogens is 363 g/mol. The molecule has 0 aliphatic rings. The van der Waals surface area contributed by atoms with Crippen LogP contribution in [0.4, 0.5) is 15.8 Å². The van der Waals surface area contributed by atoms with E-state index in [9.17, 15) is 12.8 Å². The summed E-state index contributed by atoms with van der Waals surface area (Å²) in [5.74, 6) is -1.02. The van der Waals surface area contributed by atoms with Crippen LogP contribution >= 0.6 is 15.9 Å². The van der Waals surface area contributed by atoms with Gasteiger partial charge in [0.1, 0.15) is 0 Å². The molecule has 21 heavy (non-hydrogen) atoms. The minimum Gasteiger partial charge on any atom is -0.492 e. The number of halogens is 2. The van der Waals surface area contributed by atoms with Crippen LogP contribution in [-0.4, -0.2) is 15.5 Å². The quantitative estimate of drug-likeness (QED) is 0.806. The van der Waals surface area contributed by atoms with Gasteiger partial charge in [-0.25, -0.2) is 12.8 Å². The van der Waals surface area contributed by atoms with Gasteiger partial charge in [0.2, 0.25) is 0 Å². The molecule has 0 heterocycles. The van der Waals surface area contributed by atoms with Crippen LogP contribution in [0.3, 0.4) is 0 Å². The molecule has 0 radical (unpaired) electrons. The first-order chi connectivity index (χ1) is 9.83. The second kappa shape index (κ2) is 5.90. The molecular formula is C13H12BrFN2O3S. The van der Waals surface area contributed by atoms with Gasteiger partial charge >= 0.3 is 0 Å². The van der Waals surface area contributed by atoms with Crippen molar-refractivity contribution in [1.29, 1.82) is 0 Å². The van der Waals surface area contributed by atoms with Crippen LogP contribution in [0, 0.1) is 5.82 Å². The third kappa shape index (κ3) is 3.45. The summed E-state index contributed by atoms with van der Waals surface area (Å²) in [6.07, 6.45) is 0. The zero-order chi connectivity index (χ0) is 15.6. The Balaban J connectivity index is 2.38. The molecule has 0 bridgehead atoms. The van der Waals surface area contributed by atoms with Crippen LogP contribution in [0.25, 0.3) is 0 Å². The van der Waals surface area contributed by atoms with Crippen molar-refractivity contribution >= 4 is 37.3 Å². The van der Waals surface area contributed by atoms with Gasteiger partial charge in [0.15, 0.2) is 11.6 Å². The summed E-state index contributed by atoms with van der Waals surface area (Å²) in [5.41, 5.74) is 5.84. The van der Waals surface area contributed by atoms with Gasteiger partial charge in [-0.1, -0.05) is 15.9 Å². The highest BCUT2D eigenvalue weighted by Crippen LogP contribution is 2.29. The molecule has 3 N–H and O–H groups in total. The SMILES string of the molecule is COc1c(N)cc(S(=O)(=O)Nc2ccc(Br)cc2)cc1F. The first kappa shape index (κ1) is 15.6. The van der Waals surface area contributed by atoms with Gasteiger partial charge in [-0.3, -0.25) is 4.72 Å². The Bertz CT molecular complexity index is 740. The number of rotatable bonds is 4. The fraction of sp³-hybridized carbons (Fsp3) is 0.0769. The topological polar surface area (TPSA) is 81.4 Å². The summed E-state index contributed by atoms with van der Waals surface area (Å²) in [6.45, 7) is 0. The normalized spacial score (nSPS) is 11.2. The molecule has 2 aromatic carbocycles. The van der Waals surface area contributed by atoms with Gasteiger partial charge in [-0.15, -0.1) is 0 Å². The predicted molar refractivity (Wildman–Crippen MR) is 82.3 cm³/mol. The highest BCUT2D eigenvalue weighted by atomic mass is 79.9. The molecule has 2 aromatic rings. The van der Waals surface area contributed by atoms with E-state index >= 15 is 0 Å². The number of hydrogen-bond acceptors (Lipinski definition) is 4. The highest BCUT2D eigenvalue weighted by molar-refractivity contribution is 9.10. The number of sulfonamides is 1. The van der Waals surface area contributed by atoms with E-state index in [1.54, 1.807) is 24.3 Å². The van der Waals surface area contributed by atoms with Crippen LogP contribution in [0.2, 0.25) is 0 Å². The Labute approximate surface area is 130 Å². The van der Waals surface area contributed by atoms with Crippen LogP contribution < -0.4 is 15.2 Å². The van der Waals surface area contributed by atoms with Gasteiger partial charge in [0.25, 0.3) is 10.0 Å². The molecule has 0 unspecified atom stereocenters. The maximum absolute atomic E-state index is 13.7. The number of nitrogens with one attached hydrogen (secondary N) is 1. The molecule has 0 fully saturated rings. The lowest BCUT2D eigenvalue weighted by Crippen LogP contribution is -2.14. The first-order valence-corrected chi connectivity index (χ1v) is 8.02. The molecule has 0 aromatic heterocycles. The van der Waals surface area contributed by atoms with E-state index in [1.165, 1.54) is 7.11 Å². The molecule has 0 saturated carbocycles. The second-order valence-corrected chi connectivity index (χ2v) is 6.74. The largest absolute Gasteiger partial charge is 0.492 e. The van der Waals surface area contributed by atoms with Crippen molar-refractivity contribution in [2.75, 3.05) is 17.6 Å². The van der Waals surface area contributed by atoms with Crippen molar-refractivity contribution in [3.63, 3.8) is 0 Å². The number of nitrogen functional groups attached to an aromatic ring is 1. The Morgan fingerprint density at radius 2 is 1.86 bits per heavy atom. The number of methoxy groups -OCH3 is 1. The maximum atomic E-state index is 13.7. The van der Waals surface area contributed by atoms with Crippen molar-refractivity contribution in [2.24, 2.45) is 0 Å². The van der Waals surface area contributed by atoms with Crippen LogP contribution in [0.5, 0.6) is 5.75 Å². The minimum atomic E-state index is -3.94. The molecule has 0 atom stereocenters. The van der Waals surface area contributed by atoms with Gasteiger partial charge in [0.05, 0.1) is 17.7 Å². The smallest absolute Gasteiger partial charge is 0.262 e.